The molecule has 0 heterocycles. The molecule has 19 heavy (non-hydrogen) atoms. The summed E-state index contributed by atoms with van der Waals surface area (Å²) in [4.78, 5) is 12.4. The lowest BCUT2D eigenvalue weighted by Crippen LogP contribution is -2.51. The van der Waals surface area contributed by atoms with E-state index in [0.29, 0.717) is 5.56 Å². The molecule has 2 rings (SSSR count). The summed E-state index contributed by atoms with van der Waals surface area (Å²) in [6, 6.07) is 13.4. The molecule has 0 radical (unpaired) electrons. The Labute approximate surface area is 113 Å². The molecule has 0 aromatic heterocycles. The molecule has 2 aromatic rings. The Hall–Kier alpha value is -1.87. The molecule has 0 bridgehead atoms. The SMILES string of the molecule is CC(O)C(C)(C)NC(=O)c1cccc2ccccc12. The van der Waals surface area contributed by atoms with E-state index in [-0.39, 0.29) is 5.91 Å². The first-order valence-corrected chi connectivity index (χ1v) is 6.40. The maximum Gasteiger partial charge on any atom is 0.252 e. The van der Waals surface area contributed by atoms with Crippen LogP contribution in [-0.2, 0) is 0 Å². The number of amides is 1. The molecular formula is C16H19NO2. The minimum atomic E-state index is -0.659. The van der Waals surface area contributed by atoms with Crippen molar-refractivity contribution >= 4 is 16.7 Å². The van der Waals surface area contributed by atoms with Crippen LogP contribution in [0.2, 0.25) is 0 Å². The van der Waals surface area contributed by atoms with Crippen LogP contribution < -0.4 is 5.32 Å². The maximum absolute atomic E-state index is 12.4. The van der Waals surface area contributed by atoms with Crippen LogP contribution in [0, 0.1) is 0 Å². The van der Waals surface area contributed by atoms with Crippen molar-refractivity contribution in [1.82, 2.24) is 5.32 Å². The van der Waals surface area contributed by atoms with Crippen molar-refractivity contribution in [3.63, 3.8) is 0 Å². The third kappa shape index (κ3) is 2.76. The van der Waals surface area contributed by atoms with Gasteiger partial charge in [-0.1, -0.05) is 36.4 Å². The van der Waals surface area contributed by atoms with Crippen molar-refractivity contribution in [2.24, 2.45) is 0 Å². The van der Waals surface area contributed by atoms with Crippen LogP contribution in [0.4, 0.5) is 0 Å². The van der Waals surface area contributed by atoms with Gasteiger partial charge in [0.25, 0.3) is 5.91 Å². The lowest BCUT2D eigenvalue weighted by atomic mass is 9.97. The summed E-state index contributed by atoms with van der Waals surface area (Å²) < 4.78 is 0. The van der Waals surface area contributed by atoms with Crippen LogP contribution in [0.5, 0.6) is 0 Å². The molecule has 0 aliphatic carbocycles. The molecule has 0 spiro atoms. The monoisotopic (exact) mass is 257 g/mol. The van der Waals surface area contributed by atoms with Crippen molar-refractivity contribution in [2.45, 2.75) is 32.4 Å². The van der Waals surface area contributed by atoms with Crippen LogP contribution in [-0.4, -0.2) is 22.7 Å². The number of hydrogen-bond donors (Lipinski definition) is 2. The van der Waals surface area contributed by atoms with E-state index in [2.05, 4.69) is 5.32 Å². The standard InChI is InChI=1S/C16H19NO2/c1-11(18)16(2,3)17-15(19)14-10-6-8-12-7-4-5-9-13(12)14/h4-11,18H,1-3H3,(H,17,19). The van der Waals surface area contributed by atoms with Gasteiger partial charge in [-0.15, -0.1) is 0 Å². The highest BCUT2D eigenvalue weighted by Gasteiger charge is 2.26. The Morgan fingerprint density at radius 3 is 2.47 bits per heavy atom. The second-order valence-corrected chi connectivity index (χ2v) is 5.38. The molecule has 1 amide bonds. The van der Waals surface area contributed by atoms with E-state index in [4.69, 9.17) is 0 Å². The van der Waals surface area contributed by atoms with E-state index in [9.17, 15) is 9.90 Å². The van der Waals surface area contributed by atoms with Gasteiger partial charge < -0.3 is 10.4 Å². The molecule has 0 aliphatic heterocycles. The fraction of sp³-hybridized carbons (Fsp3) is 0.312. The number of aliphatic hydroxyl groups excluding tert-OH is 1. The molecule has 100 valence electrons. The average Bonchev–Trinajstić information content (AvgIpc) is 2.37. The molecule has 3 nitrogen and oxygen atoms in total. The van der Waals surface area contributed by atoms with Gasteiger partial charge >= 0.3 is 0 Å². The summed E-state index contributed by atoms with van der Waals surface area (Å²) >= 11 is 0. The number of benzene rings is 2. The highest BCUT2D eigenvalue weighted by molar-refractivity contribution is 6.07. The first-order valence-electron chi connectivity index (χ1n) is 6.40. The molecular weight excluding hydrogens is 238 g/mol. The van der Waals surface area contributed by atoms with Gasteiger partial charge in [0.1, 0.15) is 0 Å². The van der Waals surface area contributed by atoms with Gasteiger partial charge in [-0.3, -0.25) is 4.79 Å². The van der Waals surface area contributed by atoms with Gasteiger partial charge in [-0.25, -0.2) is 0 Å². The fourth-order valence-electron chi connectivity index (χ4n) is 1.89. The summed E-state index contributed by atoms with van der Waals surface area (Å²) in [6.45, 7) is 5.28. The predicted octanol–water partition coefficient (Wildman–Crippen LogP) is 2.73. The van der Waals surface area contributed by atoms with Gasteiger partial charge in [-0.05, 0) is 37.6 Å². The second kappa shape index (κ2) is 5.02. The summed E-state index contributed by atoms with van der Waals surface area (Å²) in [7, 11) is 0. The summed E-state index contributed by atoms with van der Waals surface area (Å²) in [5.74, 6) is -0.164. The predicted molar refractivity (Wildman–Crippen MR) is 77.2 cm³/mol. The lowest BCUT2D eigenvalue weighted by Gasteiger charge is -2.29. The number of hydrogen-bond acceptors (Lipinski definition) is 2. The third-order valence-corrected chi connectivity index (χ3v) is 3.51. The van der Waals surface area contributed by atoms with Gasteiger partial charge in [-0.2, -0.15) is 0 Å². The molecule has 0 aliphatic rings. The normalized spacial score (nSPS) is 13.3. The Balaban J connectivity index is 2.37. The maximum atomic E-state index is 12.4. The quantitative estimate of drug-likeness (QED) is 0.888. The second-order valence-electron chi connectivity index (χ2n) is 5.38. The van der Waals surface area contributed by atoms with Crippen LogP contribution >= 0.6 is 0 Å². The molecule has 2 N–H and O–H groups in total. The van der Waals surface area contributed by atoms with Crippen molar-refractivity contribution < 1.29 is 9.90 Å². The number of carbonyl (C=O) groups is 1. The summed E-state index contributed by atoms with van der Waals surface area (Å²) in [5, 5.41) is 14.5. The van der Waals surface area contributed by atoms with Crippen molar-refractivity contribution in [1.29, 1.82) is 0 Å². The summed E-state index contributed by atoms with van der Waals surface area (Å²) in [6.07, 6.45) is -0.619. The smallest absolute Gasteiger partial charge is 0.252 e. The minimum absolute atomic E-state index is 0.164. The van der Waals surface area contributed by atoms with Gasteiger partial charge in [0.15, 0.2) is 0 Å². The minimum Gasteiger partial charge on any atom is -0.391 e. The Morgan fingerprint density at radius 1 is 1.16 bits per heavy atom. The number of aliphatic hydroxyl groups is 1. The molecule has 0 saturated carbocycles. The van der Waals surface area contributed by atoms with E-state index < -0.39 is 11.6 Å². The zero-order chi connectivity index (χ0) is 14.0. The highest BCUT2D eigenvalue weighted by atomic mass is 16.3. The first-order chi connectivity index (χ1) is 8.92. The highest BCUT2D eigenvalue weighted by Crippen LogP contribution is 2.19. The Bertz CT molecular complexity index is 597. The van der Waals surface area contributed by atoms with Gasteiger partial charge in [0, 0.05) is 5.56 Å². The fourth-order valence-corrected chi connectivity index (χ4v) is 1.89. The number of nitrogens with one attached hydrogen (secondary N) is 1. The third-order valence-electron chi connectivity index (χ3n) is 3.51. The van der Waals surface area contributed by atoms with Crippen LogP contribution in [0.3, 0.4) is 0 Å². The topological polar surface area (TPSA) is 49.3 Å². The molecule has 1 unspecified atom stereocenters. The van der Waals surface area contributed by atoms with E-state index >= 15 is 0 Å². The molecule has 0 fully saturated rings. The van der Waals surface area contributed by atoms with Crippen molar-refractivity contribution in [3.05, 3.63) is 48.0 Å². The van der Waals surface area contributed by atoms with Gasteiger partial charge in [0.2, 0.25) is 0 Å². The van der Waals surface area contributed by atoms with Crippen molar-refractivity contribution in [2.75, 3.05) is 0 Å². The largest absolute Gasteiger partial charge is 0.391 e. The average molecular weight is 257 g/mol. The van der Waals surface area contributed by atoms with E-state index in [1.54, 1.807) is 26.8 Å². The van der Waals surface area contributed by atoms with Crippen LogP contribution in [0.25, 0.3) is 10.8 Å². The van der Waals surface area contributed by atoms with E-state index in [1.807, 2.05) is 36.4 Å². The van der Waals surface area contributed by atoms with Crippen LogP contribution in [0.1, 0.15) is 31.1 Å². The van der Waals surface area contributed by atoms with Crippen molar-refractivity contribution in [3.8, 4) is 0 Å². The number of carbonyl (C=O) groups excluding carboxylic acids is 1. The number of rotatable bonds is 3. The van der Waals surface area contributed by atoms with E-state index in [1.165, 1.54) is 0 Å². The molecule has 3 heteroatoms. The summed E-state index contributed by atoms with van der Waals surface area (Å²) in [5.41, 5.74) is -0.0274. The van der Waals surface area contributed by atoms with Gasteiger partial charge in [0.05, 0.1) is 11.6 Å². The zero-order valence-corrected chi connectivity index (χ0v) is 11.5. The Morgan fingerprint density at radius 2 is 1.79 bits per heavy atom. The molecule has 2 aromatic carbocycles. The lowest BCUT2D eigenvalue weighted by molar-refractivity contribution is 0.0711. The zero-order valence-electron chi connectivity index (χ0n) is 11.5. The van der Waals surface area contributed by atoms with E-state index in [0.717, 1.165) is 10.8 Å². The molecule has 1 atom stereocenters. The first kappa shape index (κ1) is 13.6. The number of fused-ring (bicyclic) bond motifs is 1. The molecule has 0 saturated heterocycles. The van der Waals surface area contributed by atoms with Crippen LogP contribution in [0.15, 0.2) is 42.5 Å². The Kier molecular flexibility index (Phi) is 3.58.